The first-order valence-electron chi connectivity index (χ1n) is 8.75. The molecular formula is C19H22FNO4. The number of fused-ring (bicyclic) bond motifs is 1. The zero-order valence-electron chi connectivity index (χ0n) is 14.3. The Labute approximate surface area is 145 Å². The molecule has 3 rings (SSSR count). The van der Waals surface area contributed by atoms with Gasteiger partial charge < -0.3 is 14.4 Å². The van der Waals surface area contributed by atoms with Crippen molar-refractivity contribution in [3.63, 3.8) is 0 Å². The molecule has 1 fully saturated rings. The lowest BCUT2D eigenvalue weighted by molar-refractivity contribution is 0.0520. The molecular weight excluding hydrogens is 325 g/mol. The number of hydrogen-bond donors (Lipinski definition) is 1. The second-order valence-electron chi connectivity index (χ2n) is 6.50. The molecule has 1 aromatic heterocycles. The van der Waals surface area contributed by atoms with E-state index in [1.807, 2.05) is 0 Å². The molecule has 2 aromatic rings. The number of aromatic hydroxyl groups is 1. The largest absolute Gasteiger partial charge is 0.506 e. The molecule has 6 heteroatoms. The molecule has 0 unspecified atom stereocenters. The van der Waals surface area contributed by atoms with Crippen LogP contribution in [0.25, 0.3) is 10.9 Å². The number of aromatic nitrogens is 1. The molecule has 1 aliphatic rings. The van der Waals surface area contributed by atoms with Gasteiger partial charge in [0.2, 0.25) is 0 Å². The van der Waals surface area contributed by atoms with Gasteiger partial charge >= 0.3 is 5.97 Å². The fourth-order valence-corrected chi connectivity index (χ4v) is 3.63. The predicted octanol–water partition coefficient (Wildman–Crippen LogP) is 3.60. The van der Waals surface area contributed by atoms with Gasteiger partial charge in [-0.1, -0.05) is 25.7 Å². The Hall–Kier alpha value is -2.37. The minimum atomic E-state index is -0.884. The van der Waals surface area contributed by atoms with E-state index >= 15 is 0 Å². The minimum absolute atomic E-state index is 0.0843. The molecule has 0 radical (unpaired) electrons. The highest BCUT2D eigenvalue weighted by Gasteiger charge is 2.24. The van der Waals surface area contributed by atoms with Gasteiger partial charge in [0.05, 0.1) is 12.1 Å². The summed E-state index contributed by atoms with van der Waals surface area (Å²) in [6, 6.07) is 3.85. The zero-order chi connectivity index (χ0) is 18.0. The molecule has 0 atom stereocenters. The maximum Gasteiger partial charge on any atom is 0.347 e. The van der Waals surface area contributed by atoms with Gasteiger partial charge in [-0.2, -0.15) is 0 Å². The van der Waals surface area contributed by atoms with Gasteiger partial charge in [0, 0.05) is 11.9 Å². The summed E-state index contributed by atoms with van der Waals surface area (Å²) in [5.74, 6) is -1.39. The van der Waals surface area contributed by atoms with E-state index in [0.717, 1.165) is 25.3 Å². The van der Waals surface area contributed by atoms with Crippen LogP contribution in [-0.4, -0.2) is 22.2 Å². The summed E-state index contributed by atoms with van der Waals surface area (Å²) >= 11 is 0. The standard InChI is InChI=1S/C19H22FNO4/c1-2-25-19(24)16-17(22)14-11-13(20)7-8-15(14)21(18(16)23)10-9-12-5-3-4-6-12/h7-8,11-12,22H,2-6,9-10H2,1H3. The quantitative estimate of drug-likeness (QED) is 0.839. The third-order valence-electron chi connectivity index (χ3n) is 4.92. The average Bonchev–Trinajstić information content (AvgIpc) is 3.09. The Morgan fingerprint density at radius 2 is 2.08 bits per heavy atom. The monoisotopic (exact) mass is 347 g/mol. The Morgan fingerprint density at radius 1 is 1.36 bits per heavy atom. The smallest absolute Gasteiger partial charge is 0.347 e. The van der Waals surface area contributed by atoms with Crippen LogP contribution in [-0.2, 0) is 11.3 Å². The number of pyridine rings is 1. The SMILES string of the molecule is CCOC(=O)c1c(O)c2cc(F)ccc2n(CCC2CCCC2)c1=O. The van der Waals surface area contributed by atoms with Crippen LogP contribution >= 0.6 is 0 Å². The summed E-state index contributed by atoms with van der Waals surface area (Å²) in [6.45, 7) is 2.13. The maximum atomic E-state index is 13.6. The van der Waals surface area contributed by atoms with Crippen molar-refractivity contribution in [3.05, 3.63) is 39.9 Å². The molecule has 1 heterocycles. The molecule has 0 aliphatic heterocycles. The molecule has 1 aromatic carbocycles. The fourth-order valence-electron chi connectivity index (χ4n) is 3.63. The molecule has 0 spiro atoms. The van der Waals surface area contributed by atoms with Gasteiger partial charge in [0.1, 0.15) is 11.6 Å². The van der Waals surface area contributed by atoms with Crippen LogP contribution in [0, 0.1) is 11.7 Å². The van der Waals surface area contributed by atoms with Crippen LogP contribution in [0.15, 0.2) is 23.0 Å². The van der Waals surface area contributed by atoms with E-state index in [1.165, 1.54) is 29.5 Å². The molecule has 1 N–H and O–H groups in total. The van der Waals surface area contributed by atoms with Crippen LogP contribution in [0.1, 0.15) is 49.4 Å². The number of halogens is 1. The lowest BCUT2D eigenvalue weighted by Gasteiger charge is -2.16. The Bertz CT molecular complexity index is 853. The summed E-state index contributed by atoms with van der Waals surface area (Å²) in [6.07, 6.45) is 5.51. The summed E-state index contributed by atoms with van der Waals surface area (Å²) in [7, 11) is 0. The summed E-state index contributed by atoms with van der Waals surface area (Å²) < 4.78 is 20.0. The van der Waals surface area contributed by atoms with E-state index in [-0.39, 0.29) is 12.0 Å². The van der Waals surface area contributed by atoms with Crippen LogP contribution in [0.5, 0.6) is 5.75 Å². The second kappa shape index (κ2) is 7.25. The third kappa shape index (κ3) is 3.38. The molecule has 134 valence electrons. The minimum Gasteiger partial charge on any atom is -0.506 e. The van der Waals surface area contributed by atoms with E-state index < -0.39 is 28.7 Å². The van der Waals surface area contributed by atoms with E-state index in [1.54, 1.807) is 6.92 Å². The maximum absolute atomic E-state index is 13.6. The van der Waals surface area contributed by atoms with Crippen molar-refractivity contribution in [1.29, 1.82) is 0 Å². The first-order valence-corrected chi connectivity index (χ1v) is 8.75. The van der Waals surface area contributed by atoms with Crippen molar-refractivity contribution in [2.24, 2.45) is 5.92 Å². The number of ether oxygens (including phenoxy) is 1. The molecule has 0 amide bonds. The van der Waals surface area contributed by atoms with Gasteiger partial charge in [0.25, 0.3) is 5.56 Å². The van der Waals surface area contributed by atoms with Gasteiger partial charge in [-0.05, 0) is 37.5 Å². The van der Waals surface area contributed by atoms with Crippen molar-refractivity contribution < 1.29 is 19.0 Å². The highest BCUT2D eigenvalue weighted by atomic mass is 19.1. The second-order valence-corrected chi connectivity index (χ2v) is 6.50. The fraction of sp³-hybridized carbons (Fsp3) is 0.474. The lowest BCUT2D eigenvalue weighted by Crippen LogP contribution is -2.28. The Morgan fingerprint density at radius 3 is 2.76 bits per heavy atom. The number of hydrogen-bond acceptors (Lipinski definition) is 4. The Kier molecular flexibility index (Phi) is 5.06. The van der Waals surface area contributed by atoms with Crippen molar-refractivity contribution in [1.82, 2.24) is 4.57 Å². The summed E-state index contributed by atoms with van der Waals surface area (Å²) in [5, 5.41) is 10.5. The number of rotatable bonds is 5. The van der Waals surface area contributed by atoms with Crippen LogP contribution in [0.2, 0.25) is 0 Å². The van der Waals surface area contributed by atoms with Crippen molar-refractivity contribution in [2.45, 2.75) is 45.6 Å². The van der Waals surface area contributed by atoms with E-state index in [2.05, 4.69) is 0 Å². The van der Waals surface area contributed by atoms with Crippen molar-refractivity contribution in [3.8, 4) is 5.75 Å². The average molecular weight is 347 g/mol. The molecule has 5 nitrogen and oxygen atoms in total. The first-order chi connectivity index (χ1) is 12.0. The van der Waals surface area contributed by atoms with Crippen molar-refractivity contribution in [2.75, 3.05) is 6.61 Å². The normalized spacial score (nSPS) is 15.0. The molecule has 0 saturated heterocycles. The van der Waals surface area contributed by atoms with Crippen molar-refractivity contribution >= 4 is 16.9 Å². The van der Waals surface area contributed by atoms with Crippen LogP contribution in [0.4, 0.5) is 4.39 Å². The number of benzene rings is 1. The van der Waals surface area contributed by atoms with Gasteiger partial charge in [-0.3, -0.25) is 4.79 Å². The molecule has 0 bridgehead atoms. The van der Waals surface area contributed by atoms with Crippen LogP contribution in [0.3, 0.4) is 0 Å². The van der Waals surface area contributed by atoms with Gasteiger partial charge in [-0.25, -0.2) is 9.18 Å². The lowest BCUT2D eigenvalue weighted by atomic mass is 10.0. The van der Waals surface area contributed by atoms with Crippen LogP contribution < -0.4 is 5.56 Å². The van der Waals surface area contributed by atoms with Gasteiger partial charge in [-0.15, -0.1) is 0 Å². The molecule has 1 aliphatic carbocycles. The van der Waals surface area contributed by atoms with E-state index in [4.69, 9.17) is 4.74 Å². The number of esters is 1. The van der Waals surface area contributed by atoms with Gasteiger partial charge in [0.15, 0.2) is 5.56 Å². The number of aryl methyl sites for hydroxylation is 1. The summed E-state index contributed by atoms with van der Waals surface area (Å²) in [4.78, 5) is 25.0. The highest BCUT2D eigenvalue weighted by molar-refractivity contribution is 5.99. The zero-order valence-corrected chi connectivity index (χ0v) is 14.3. The molecule has 25 heavy (non-hydrogen) atoms. The number of carbonyl (C=O) groups is 1. The highest BCUT2D eigenvalue weighted by Crippen LogP contribution is 2.30. The molecule has 1 saturated carbocycles. The Balaban J connectivity index is 2.12. The number of carbonyl (C=O) groups excluding carboxylic acids is 1. The summed E-state index contributed by atoms with van der Waals surface area (Å²) in [5.41, 5.74) is -0.589. The number of nitrogens with zero attached hydrogens (tertiary/aromatic N) is 1. The predicted molar refractivity (Wildman–Crippen MR) is 92.4 cm³/mol. The van der Waals surface area contributed by atoms with E-state index in [0.29, 0.717) is 18.0 Å². The topological polar surface area (TPSA) is 68.5 Å². The third-order valence-corrected chi connectivity index (χ3v) is 4.92. The first kappa shape index (κ1) is 17.5. The van der Waals surface area contributed by atoms with E-state index in [9.17, 15) is 19.1 Å².